The molecule has 4 nitrogen and oxygen atoms in total. The van der Waals surface area contributed by atoms with Gasteiger partial charge in [-0.15, -0.1) is 0 Å². The van der Waals surface area contributed by atoms with Crippen molar-refractivity contribution < 1.29 is 9.84 Å². The average molecular weight is 258 g/mol. The molecule has 0 aromatic carbocycles. The van der Waals surface area contributed by atoms with Crippen LogP contribution in [0.5, 0.6) is 0 Å². The average Bonchev–Trinajstić information content (AvgIpc) is 2.28. The van der Waals surface area contributed by atoms with E-state index in [2.05, 4.69) is 18.9 Å². The van der Waals surface area contributed by atoms with Gasteiger partial charge in [-0.3, -0.25) is 0 Å². The van der Waals surface area contributed by atoms with Crippen LogP contribution in [0.3, 0.4) is 0 Å². The summed E-state index contributed by atoms with van der Waals surface area (Å²) in [5, 5.41) is 9.76. The Hall–Kier alpha value is -0.160. The summed E-state index contributed by atoms with van der Waals surface area (Å²) in [6.07, 6.45) is 4.65. The summed E-state index contributed by atoms with van der Waals surface area (Å²) in [6, 6.07) is 0. The minimum absolute atomic E-state index is 0.249. The second kappa shape index (κ2) is 7.43. The van der Waals surface area contributed by atoms with Crippen molar-refractivity contribution in [2.75, 3.05) is 40.4 Å². The number of likely N-dealkylation sites (N-methyl/N-ethyl adjacent to an activating group) is 1. The van der Waals surface area contributed by atoms with E-state index in [1.807, 2.05) is 0 Å². The maximum atomic E-state index is 9.76. The van der Waals surface area contributed by atoms with Crippen LogP contribution in [0.25, 0.3) is 0 Å². The minimum Gasteiger partial charge on any atom is -0.389 e. The first-order valence-electron chi connectivity index (χ1n) is 7.07. The fourth-order valence-corrected chi connectivity index (χ4v) is 3.40. The Labute approximate surface area is 111 Å². The van der Waals surface area contributed by atoms with Crippen molar-refractivity contribution >= 4 is 0 Å². The Kier molecular flexibility index (Phi) is 6.57. The van der Waals surface area contributed by atoms with Crippen LogP contribution in [0, 0.1) is 11.3 Å². The largest absolute Gasteiger partial charge is 0.389 e. The molecule has 0 heterocycles. The van der Waals surface area contributed by atoms with E-state index in [0.717, 1.165) is 19.0 Å². The summed E-state index contributed by atoms with van der Waals surface area (Å²) in [6.45, 7) is 5.11. The van der Waals surface area contributed by atoms with Crippen LogP contribution in [0.4, 0.5) is 0 Å². The van der Waals surface area contributed by atoms with Gasteiger partial charge in [0.25, 0.3) is 0 Å². The summed E-state index contributed by atoms with van der Waals surface area (Å²) >= 11 is 0. The maximum Gasteiger partial charge on any atom is 0.0899 e. The molecule has 1 saturated carbocycles. The number of ether oxygens (including phenoxy) is 1. The summed E-state index contributed by atoms with van der Waals surface area (Å²) in [7, 11) is 3.68. The van der Waals surface area contributed by atoms with Gasteiger partial charge in [0.1, 0.15) is 0 Å². The van der Waals surface area contributed by atoms with Crippen molar-refractivity contribution in [2.45, 2.75) is 38.7 Å². The Bertz CT molecular complexity index is 238. The van der Waals surface area contributed by atoms with Crippen molar-refractivity contribution in [1.82, 2.24) is 4.90 Å². The molecule has 18 heavy (non-hydrogen) atoms. The number of aliphatic hydroxyl groups is 1. The van der Waals surface area contributed by atoms with Crippen molar-refractivity contribution in [3.8, 4) is 0 Å². The lowest BCUT2D eigenvalue weighted by atomic mass is 9.70. The van der Waals surface area contributed by atoms with E-state index < -0.39 is 6.10 Å². The fourth-order valence-electron chi connectivity index (χ4n) is 3.40. The van der Waals surface area contributed by atoms with Gasteiger partial charge in [0.2, 0.25) is 0 Å². The van der Waals surface area contributed by atoms with E-state index in [9.17, 15) is 5.11 Å². The molecule has 1 rings (SSSR count). The van der Waals surface area contributed by atoms with Crippen molar-refractivity contribution in [3.63, 3.8) is 0 Å². The van der Waals surface area contributed by atoms with E-state index in [1.54, 1.807) is 7.11 Å². The van der Waals surface area contributed by atoms with E-state index in [4.69, 9.17) is 10.5 Å². The SMILES string of the molecule is COCC(O)CN(C)CC1(CN)CCCC(C)C1. The molecule has 0 spiro atoms. The van der Waals surface area contributed by atoms with Crippen molar-refractivity contribution in [2.24, 2.45) is 17.1 Å². The van der Waals surface area contributed by atoms with Crippen LogP contribution in [0.1, 0.15) is 32.6 Å². The molecule has 1 fully saturated rings. The van der Waals surface area contributed by atoms with E-state index in [0.29, 0.717) is 13.2 Å². The van der Waals surface area contributed by atoms with Crippen LogP contribution in [0.2, 0.25) is 0 Å². The molecule has 3 unspecified atom stereocenters. The molecule has 0 aromatic rings. The molecule has 0 bridgehead atoms. The fraction of sp³-hybridized carbons (Fsp3) is 1.00. The summed E-state index contributed by atoms with van der Waals surface area (Å²) < 4.78 is 4.96. The van der Waals surface area contributed by atoms with Gasteiger partial charge in [-0.1, -0.05) is 19.8 Å². The maximum absolute atomic E-state index is 9.76. The predicted molar refractivity (Wildman–Crippen MR) is 74.5 cm³/mol. The number of hydrogen-bond acceptors (Lipinski definition) is 4. The first-order chi connectivity index (χ1) is 8.51. The smallest absolute Gasteiger partial charge is 0.0899 e. The molecular formula is C14H30N2O2. The highest BCUT2D eigenvalue weighted by molar-refractivity contribution is 4.88. The lowest BCUT2D eigenvalue weighted by molar-refractivity contribution is 0.0255. The third-order valence-electron chi connectivity index (χ3n) is 4.11. The Morgan fingerprint density at radius 3 is 2.83 bits per heavy atom. The quantitative estimate of drug-likeness (QED) is 0.717. The molecule has 3 N–H and O–H groups in total. The normalized spacial score (nSPS) is 30.7. The Morgan fingerprint density at radius 1 is 1.56 bits per heavy atom. The van der Waals surface area contributed by atoms with Gasteiger partial charge in [-0.05, 0) is 37.8 Å². The Morgan fingerprint density at radius 2 is 2.28 bits per heavy atom. The van der Waals surface area contributed by atoms with E-state index >= 15 is 0 Å². The topological polar surface area (TPSA) is 58.7 Å². The number of aliphatic hydroxyl groups excluding tert-OH is 1. The standard InChI is InChI=1S/C14H30N2O2/c1-12-5-4-6-14(7-12,10-15)11-16(2)8-13(17)9-18-3/h12-13,17H,4-11,15H2,1-3H3. The summed E-state index contributed by atoms with van der Waals surface area (Å²) in [5.74, 6) is 0.777. The van der Waals surface area contributed by atoms with Gasteiger partial charge >= 0.3 is 0 Å². The lowest BCUT2D eigenvalue weighted by Crippen LogP contribution is -2.46. The second-order valence-electron chi connectivity index (χ2n) is 6.21. The van der Waals surface area contributed by atoms with Gasteiger partial charge in [-0.25, -0.2) is 0 Å². The van der Waals surface area contributed by atoms with E-state index in [-0.39, 0.29) is 5.41 Å². The third-order valence-corrected chi connectivity index (χ3v) is 4.11. The zero-order valence-corrected chi connectivity index (χ0v) is 12.2. The molecule has 0 aromatic heterocycles. The highest BCUT2D eigenvalue weighted by Crippen LogP contribution is 2.39. The Balaban J connectivity index is 2.46. The van der Waals surface area contributed by atoms with Crippen LogP contribution in [-0.2, 0) is 4.74 Å². The lowest BCUT2D eigenvalue weighted by Gasteiger charge is -2.42. The molecule has 0 aliphatic heterocycles. The summed E-state index contributed by atoms with van der Waals surface area (Å²) in [4.78, 5) is 2.20. The first-order valence-corrected chi connectivity index (χ1v) is 7.07. The van der Waals surface area contributed by atoms with Gasteiger partial charge in [0.05, 0.1) is 12.7 Å². The van der Waals surface area contributed by atoms with E-state index in [1.165, 1.54) is 25.7 Å². The zero-order chi connectivity index (χ0) is 13.6. The predicted octanol–water partition coefficient (Wildman–Crippen LogP) is 1.08. The molecular weight excluding hydrogens is 228 g/mol. The molecule has 4 heteroatoms. The number of hydrogen-bond donors (Lipinski definition) is 2. The number of nitrogens with two attached hydrogens (primary N) is 1. The monoisotopic (exact) mass is 258 g/mol. The van der Waals surface area contributed by atoms with Crippen molar-refractivity contribution in [3.05, 3.63) is 0 Å². The molecule has 0 saturated heterocycles. The van der Waals surface area contributed by atoms with Crippen LogP contribution in [0.15, 0.2) is 0 Å². The van der Waals surface area contributed by atoms with Crippen LogP contribution in [-0.4, -0.2) is 56.5 Å². The number of nitrogens with zero attached hydrogens (tertiary/aromatic N) is 1. The highest BCUT2D eigenvalue weighted by atomic mass is 16.5. The van der Waals surface area contributed by atoms with Crippen LogP contribution >= 0.6 is 0 Å². The number of methoxy groups -OCH3 is 1. The van der Waals surface area contributed by atoms with Crippen molar-refractivity contribution in [1.29, 1.82) is 0 Å². The molecule has 1 aliphatic carbocycles. The van der Waals surface area contributed by atoms with Gasteiger partial charge < -0.3 is 20.5 Å². The molecule has 0 radical (unpaired) electrons. The molecule has 108 valence electrons. The minimum atomic E-state index is -0.407. The van der Waals surface area contributed by atoms with Gasteiger partial charge in [-0.2, -0.15) is 0 Å². The van der Waals surface area contributed by atoms with Gasteiger partial charge in [0.15, 0.2) is 0 Å². The summed E-state index contributed by atoms with van der Waals surface area (Å²) in [5.41, 5.74) is 6.27. The number of rotatable bonds is 7. The zero-order valence-electron chi connectivity index (χ0n) is 12.2. The molecule has 0 amide bonds. The molecule has 3 atom stereocenters. The molecule has 1 aliphatic rings. The third kappa shape index (κ3) is 4.84. The highest BCUT2D eigenvalue weighted by Gasteiger charge is 2.34. The second-order valence-corrected chi connectivity index (χ2v) is 6.21. The first kappa shape index (κ1) is 15.9. The van der Waals surface area contributed by atoms with Crippen LogP contribution < -0.4 is 5.73 Å². The van der Waals surface area contributed by atoms with Gasteiger partial charge in [0, 0.05) is 20.2 Å².